The van der Waals surface area contributed by atoms with Crippen molar-refractivity contribution in [3.8, 4) is 35.5 Å². The Hall–Kier alpha value is -5.06. The molecule has 0 aliphatic carbocycles. The van der Waals surface area contributed by atoms with Crippen LogP contribution in [0, 0.1) is 24.0 Å². The first-order valence-corrected chi connectivity index (χ1v) is 17.8. The summed E-state index contributed by atoms with van der Waals surface area (Å²) >= 11 is 0. The fraction of sp³-hybridized carbons (Fsp3) is 0.436. The Morgan fingerprint density at radius 3 is 2.88 bits per heavy atom. The van der Waals surface area contributed by atoms with Crippen molar-refractivity contribution in [2.24, 2.45) is 0 Å². The van der Waals surface area contributed by atoms with Gasteiger partial charge >= 0.3 is 12.1 Å². The van der Waals surface area contributed by atoms with Crippen molar-refractivity contribution >= 4 is 33.6 Å². The van der Waals surface area contributed by atoms with E-state index in [4.69, 9.17) is 35.6 Å². The van der Waals surface area contributed by atoms with Crippen LogP contribution in [0.5, 0.6) is 11.9 Å². The van der Waals surface area contributed by atoms with E-state index in [-0.39, 0.29) is 71.6 Å². The second kappa shape index (κ2) is 13.5. The summed E-state index contributed by atoms with van der Waals surface area (Å²) in [5.41, 5.74) is 0.00434. The molecule has 1 amide bonds. The number of carbonyl (C=O) groups is 1. The van der Waals surface area contributed by atoms with E-state index in [0.717, 1.165) is 38.6 Å². The van der Waals surface area contributed by atoms with Gasteiger partial charge in [0, 0.05) is 50.2 Å². The standard InChI is InChI=1S/C39H41F2N7O4/c1-5-9-24-19-47-26(18-42-24)21-50-36-31-34(32(41)33(43-36)28-11-7-10-23-12-13-29(40)27(6-2)30(23)28)44-37(45-35(31)47)52-22-39-15-8-17-48(39)25(14-16-39)20-51-38(49)46(3)4/h2,5,7,10-13,24-26,42H,1,8-9,14-22H2,3-4H3/t24-,25+,26+,39-/m1/s1. The van der Waals surface area contributed by atoms with Crippen molar-refractivity contribution in [1.82, 2.24) is 30.1 Å². The summed E-state index contributed by atoms with van der Waals surface area (Å²) in [4.78, 5) is 32.5. The second-order valence-electron chi connectivity index (χ2n) is 14.3. The van der Waals surface area contributed by atoms with E-state index in [2.05, 4.69) is 27.6 Å². The summed E-state index contributed by atoms with van der Waals surface area (Å²) in [5, 5.41) is 4.94. The van der Waals surface area contributed by atoms with Gasteiger partial charge in [-0.1, -0.05) is 36.3 Å². The average molecular weight is 710 g/mol. The number of piperazine rings is 1. The number of aromatic nitrogens is 3. The van der Waals surface area contributed by atoms with Crippen LogP contribution in [0.2, 0.25) is 0 Å². The maximum absolute atomic E-state index is 17.2. The zero-order valence-electron chi connectivity index (χ0n) is 29.3. The third-order valence-corrected chi connectivity index (χ3v) is 11.0. The predicted molar refractivity (Wildman–Crippen MR) is 194 cm³/mol. The van der Waals surface area contributed by atoms with E-state index < -0.39 is 11.6 Å². The maximum Gasteiger partial charge on any atom is 0.409 e. The molecule has 3 saturated heterocycles. The van der Waals surface area contributed by atoms with Crippen LogP contribution < -0.4 is 19.7 Å². The molecule has 2 aromatic heterocycles. The van der Waals surface area contributed by atoms with E-state index >= 15 is 8.78 Å². The molecule has 6 heterocycles. The van der Waals surface area contributed by atoms with E-state index in [1.165, 1.54) is 11.0 Å². The van der Waals surface area contributed by atoms with Gasteiger partial charge in [-0.25, -0.2) is 18.6 Å². The molecule has 52 heavy (non-hydrogen) atoms. The molecule has 0 bridgehead atoms. The Morgan fingerprint density at radius 2 is 2.08 bits per heavy atom. The number of anilines is 1. The first kappa shape index (κ1) is 34.0. The topological polar surface area (TPSA) is 105 Å². The molecular weight excluding hydrogens is 668 g/mol. The molecule has 0 unspecified atom stereocenters. The highest BCUT2D eigenvalue weighted by atomic mass is 19.1. The molecule has 3 fully saturated rings. The zero-order chi connectivity index (χ0) is 36.1. The van der Waals surface area contributed by atoms with E-state index in [0.29, 0.717) is 47.2 Å². The van der Waals surface area contributed by atoms with E-state index in [1.54, 1.807) is 38.4 Å². The van der Waals surface area contributed by atoms with Crippen LogP contribution in [0.25, 0.3) is 32.9 Å². The van der Waals surface area contributed by atoms with Gasteiger partial charge in [-0.2, -0.15) is 9.97 Å². The van der Waals surface area contributed by atoms with Crippen LogP contribution >= 0.6 is 0 Å². The number of nitrogens with zero attached hydrogens (tertiary/aromatic N) is 6. The lowest BCUT2D eigenvalue weighted by molar-refractivity contribution is 0.0484. The fourth-order valence-electron chi connectivity index (χ4n) is 8.44. The summed E-state index contributed by atoms with van der Waals surface area (Å²) < 4.78 is 50.6. The largest absolute Gasteiger partial charge is 0.475 e. The smallest absolute Gasteiger partial charge is 0.409 e. The first-order chi connectivity index (χ1) is 25.2. The first-order valence-electron chi connectivity index (χ1n) is 17.8. The van der Waals surface area contributed by atoms with Crippen LogP contribution in [0.15, 0.2) is 43.0 Å². The number of fused-ring (bicyclic) bond motifs is 4. The van der Waals surface area contributed by atoms with Crippen molar-refractivity contribution in [2.75, 3.05) is 58.5 Å². The van der Waals surface area contributed by atoms with Crippen molar-refractivity contribution < 1.29 is 27.8 Å². The molecular formula is C39H41F2N7O4. The number of amides is 1. The minimum atomic E-state index is -0.712. The van der Waals surface area contributed by atoms with Gasteiger partial charge in [0.25, 0.3) is 0 Å². The van der Waals surface area contributed by atoms with Gasteiger partial charge in [-0.3, -0.25) is 4.90 Å². The summed E-state index contributed by atoms with van der Waals surface area (Å²) in [6, 6.07) is 8.24. The zero-order valence-corrected chi connectivity index (χ0v) is 29.3. The van der Waals surface area contributed by atoms with Crippen LogP contribution in [-0.2, 0) is 4.74 Å². The van der Waals surface area contributed by atoms with Gasteiger partial charge in [0.1, 0.15) is 48.1 Å². The number of benzene rings is 2. The predicted octanol–water partition coefficient (Wildman–Crippen LogP) is 5.29. The molecule has 1 N–H and O–H groups in total. The third kappa shape index (κ3) is 5.74. The van der Waals surface area contributed by atoms with Crippen LogP contribution in [0.3, 0.4) is 0 Å². The van der Waals surface area contributed by atoms with Gasteiger partial charge in [0.2, 0.25) is 5.88 Å². The summed E-state index contributed by atoms with van der Waals surface area (Å²) in [6.45, 7) is 6.82. The number of hydrogen-bond donors (Lipinski definition) is 1. The molecule has 270 valence electrons. The third-order valence-electron chi connectivity index (χ3n) is 11.0. The van der Waals surface area contributed by atoms with Gasteiger partial charge in [-0.05, 0) is 50.1 Å². The highest BCUT2D eigenvalue weighted by molar-refractivity contribution is 6.03. The lowest BCUT2D eigenvalue weighted by Crippen LogP contribution is -2.58. The second-order valence-corrected chi connectivity index (χ2v) is 14.3. The van der Waals surface area contributed by atoms with E-state index in [9.17, 15) is 4.79 Å². The monoisotopic (exact) mass is 709 g/mol. The summed E-state index contributed by atoms with van der Waals surface area (Å²) in [7, 11) is 3.33. The van der Waals surface area contributed by atoms with Crippen molar-refractivity contribution in [3.05, 3.63) is 60.2 Å². The van der Waals surface area contributed by atoms with Gasteiger partial charge < -0.3 is 29.3 Å². The molecule has 11 nitrogen and oxygen atoms in total. The number of hydrogen-bond acceptors (Lipinski definition) is 10. The number of terminal acetylenes is 1. The highest BCUT2D eigenvalue weighted by Crippen LogP contribution is 2.45. The van der Waals surface area contributed by atoms with Crippen molar-refractivity contribution in [3.63, 3.8) is 0 Å². The van der Waals surface area contributed by atoms with Gasteiger partial charge in [0.05, 0.1) is 17.1 Å². The van der Waals surface area contributed by atoms with Crippen LogP contribution in [-0.4, -0.2) is 108 Å². The molecule has 4 aromatic rings. The normalized spacial score (nSPS) is 23.8. The Bertz CT molecular complexity index is 2120. The molecule has 4 aliphatic heterocycles. The number of pyridine rings is 1. The Kier molecular flexibility index (Phi) is 8.83. The Morgan fingerprint density at radius 1 is 1.21 bits per heavy atom. The minimum absolute atomic E-state index is 0.00390. The molecule has 4 aliphatic rings. The molecule has 0 radical (unpaired) electrons. The lowest BCUT2D eigenvalue weighted by atomic mass is 9.95. The van der Waals surface area contributed by atoms with Gasteiger partial charge in [-0.15, -0.1) is 13.0 Å². The molecule has 13 heteroatoms. The lowest BCUT2D eigenvalue weighted by Gasteiger charge is -2.39. The molecule has 0 spiro atoms. The van der Waals surface area contributed by atoms with Gasteiger partial charge in [0.15, 0.2) is 5.82 Å². The number of nitrogens with one attached hydrogen (secondary N) is 1. The number of rotatable bonds is 8. The molecule has 8 rings (SSSR count). The fourth-order valence-corrected chi connectivity index (χ4v) is 8.44. The number of carbonyl (C=O) groups excluding carboxylic acids is 1. The molecule has 0 saturated carbocycles. The number of ether oxygens (including phenoxy) is 3. The quantitative estimate of drug-likeness (QED) is 0.192. The average Bonchev–Trinajstić information content (AvgIpc) is 3.67. The molecule has 4 atom stereocenters. The van der Waals surface area contributed by atoms with Crippen molar-refractivity contribution in [2.45, 2.75) is 55.8 Å². The molecule has 2 aromatic carbocycles. The van der Waals surface area contributed by atoms with Crippen molar-refractivity contribution in [1.29, 1.82) is 0 Å². The SMILES string of the molecule is C#Cc1c(F)ccc2cccc(-c3nc4c5c(nc(OC[C@]67CCCN6[C@H](COC(=O)N(C)C)CC7)nc5c3F)N3C[C@@H](CC=C)NC[C@H]3CO4)c12. The van der Waals surface area contributed by atoms with Crippen LogP contribution in [0.1, 0.15) is 37.7 Å². The van der Waals surface area contributed by atoms with E-state index in [1.807, 2.05) is 6.08 Å². The summed E-state index contributed by atoms with van der Waals surface area (Å²) in [5.74, 6) is 1.83. The highest BCUT2D eigenvalue weighted by Gasteiger charge is 2.50. The Balaban J connectivity index is 1.22. The minimum Gasteiger partial charge on any atom is -0.475 e. The number of halogens is 2. The summed E-state index contributed by atoms with van der Waals surface area (Å²) in [6.07, 6.45) is 11.6. The Labute approximate surface area is 300 Å². The maximum atomic E-state index is 17.2. The van der Waals surface area contributed by atoms with Crippen LogP contribution in [0.4, 0.5) is 19.4 Å².